The van der Waals surface area contributed by atoms with Crippen molar-refractivity contribution in [3.63, 3.8) is 0 Å². The van der Waals surface area contributed by atoms with Gasteiger partial charge < -0.3 is 10.2 Å². The fourth-order valence-corrected chi connectivity index (χ4v) is 9.34. The Bertz CT molecular complexity index is 573. The average Bonchev–Trinajstić information content (AvgIpc) is 3.02. The molecule has 2 N–H and O–H groups in total. The smallest absolute Gasteiger partial charge is 0.0832 e. The molecule has 0 saturated heterocycles. The van der Waals surface area contributed by atoms with E-state index >= 15 is 0 Å². The summed E-state index contributed by atoms with van der Waals surface area (Å²) in [6, 6.07) is 0. The van der Waals surface area contributed by atoms with Crippen LogP contribution in [0.25, 0.3) is 0 Å². The van der Waals surface area contributed by atoms with E-state index in [1.165, 1.54) is 51.4 Å². The molecule has 4 fully saturated rings. The monoisotopic (exact) mass is 404 g/mol. The highest BCUT2D eigenvalue weighted by Crippen LogP contribution is 2.68. The third kappa shape index (κ3) is 3.63. The second-order valence-corrected chi connectivity index (χ2v) is 12.7. The normalized spacial score (nSPS) is 50.7. The van der Waals surface area contributed by atoms with E-state index in [2.05, 4.69) is 34.6 Å². The van der Waals surface area contributed by atoms with Crippen molar-refractivity contribution in [3.05, 3.63) is 0 Å². The van der Waals surface area contributed by atoms with Crippen LogP contribution < -0.4 is 0 Å². The SMILES string of the molecule is CC(C)CCC[C@@H](C)[C@H]1CC[C@H]2[C@@H]3CC[C@H]4[C@@H](O)[C@@H](O)CC[C@]4(C)[C@H]3CC[C@]12C. The molecule has 2 heteroatoms. The maximum Gasteiger partial charge on any atom is 0.0832 e. The topological polar surface area (TPSA) is 40.5 Å². The Morgan fingerprint density at radius 3 is 2.14 bits per heavy atom. The van der Waals surface area contributed by atoms with Crippen LogP contribution in [-0.2, 0) is 0 Å². The van der Waals surface area contributed by atoms with Gasteiger partial charge in [0, 0.05) is 0 Å². The molecule has 4 saturated carbocycles. The van der Waals surface area contributed by atoms with E-state index in [1.807, 2.05) is 0 Å². The van der Waals surface area contributed by atoms with Gasteiger partial charge in [-0.25, -0.2) is 0 Å². The minimum atomic E-state index is -0.486. The van der Waals surface area contributed by atoms with Crippen molar-refractivity contribution >= 4 is 0 Å². The maximum absolute atomic E-state index is 10.8. The quantitative estimate of drug-likeness (QED) is 0.553. The van der Waals surface area contributed by atoms with Crippen molar-refractivity contribution in [1.29, 1.82) is 0 Å². The van der Waals surface area contributed by atoms with Crippen molar-refractivity contribution in [2.45, 2.75) is 117 Å². The van der Waals surface area contributed by atoms with Crippen molar-refractivity contribution < 1.29 is 10.2 Å². The van der Waals surface area contributed by atoms with E-state index < -0.39 is 12.2 Å². The van der Waals surface area contributed by atoms with Gasteiger partial charge in [0.25, 0.3) is 0 Å². The third-order valence-corrected chi connectivity index (χ3v) is 10.9. The molecule has 0 bridgehead atoms. The van der Waals surface area contributed by atoms with Crippen LogP contribution in [0.4, 0.5) is 0 Å². The summed E-state index contributed by atoms with van der Waals surface area (Å²) in [6.45, 7) is 12.4. The van der Waals surface area contributed by atoms with Crippen molar-refractivity contribution in [3.8, 4) is 0 Å². The van der Waals surface area contributed by atoms with Gasteiger partial charge in [0.1, 0.15) is 0 Å². The zero-order chi connectivity index (χ0) is 21.0. The number of rotatable bonds is 5. The fraction of sp³-hybridized carbons (Fsp3) is 1.00. The summed E-state index contributed by atoms with van der Waals surface area (Å²) in [5, 5.41) is 21.0. The predicted molar refractivity (Wildman–Crippen MR) is 120 cm³/mol. The van der Waals surface area contributed by atoms with E-state index in [1.54, 1.807) is 0 Å². The van der Waals surface area contributed by atoms with Crippen LogP contribution in [0.3, 0.4) is 0 Å². The molecule has 168 valence electrons. The standard InChI is InChI=1S/C27H48O2/c1-17(2)7-6-8-18(3)20-11-12-21-19-9-10-23-25(29)24(28)14-16-27(23,5)22(19)13-15-26(20,21)4/h17-25,28-29H,6-16H2,1-5H3/t18-,19+,20-,21+,22+,23+,24+,25-,26-,27-/m1/s1. The molecule has 0 aromatic heterocycles. The summed E-state index contributed by atoms with van der Waals surface area (Å²) in [5.74, 6) is 5.50. The Morgan fingerprint density at radius 2 is 1.41 bits per heavy atom. The molecule has 29 heavy (non-hydrogen) atoms. The number of aliphatic hydroxyl groups is 2. The lowest BCUT2D eigenvalue weighted by molar-refractivity contribution is -0.174. The molecular weight excluding hydrogens is 356 g/mol. The third-order valence-electron chi connectivity index (χ3n) is 10.9. The van der Waals surface area contributed by atoms with Gasteiger partial charge in [0.05, 0.1) is 12.2 Å². The highest BCUT2D eigenvalue weighted by Gasteiger charge is 2.61. The number of fused-ring (bicyclic) bond motifs is 5. The first-order valence-corrected chi connectivity index (χ1v) is 13.0. The van der Waals surface area contributed by atoms with Crippen molar-refractivity contribution in [2.24, 2.45) is 52.3 Å². The summed E-state index contributed by atoms with van der Waals surface area (Å²) in [6.07, 6.45) is 13.3. The van der Waals surface area contributed by atoms with Crippen LogP contribution in [0.1, 0.15) is 105 Å². The number of hydrogen-bond donors (Lipinski definition) is 2. The molecule has 0 heterocycles. The molecular formula is C27H48O2. The van der Waals surface area contributed by atoms with Crippen LogP contribution >= 0.6 is 0 Å². The molecule has 0 aliphatic heterocycles. The average molecular weight is 405 g/mol. The lowest BCUT2D eigenvalue weighted by Gasteiger charge is -2.62. The lowest BCUT2D eigenvalue weighted by Crippen LogP contribution is -2.58. The maximum atomic E-state index is 10.8. The van der Waals surface area contributed by atoms with Gasteiger partial charge in [-0.2, -0.15) is 0 Å². The summed E-state index contributed by atoms with van der Waals surface area (Å²) in [4.78, 5) is 0. The zero-order valence-electron chi connectivity index (χ0n) is 19.9. The molecule has 0 spiro atoms. The van der Waals surface area contributed by atoms with Crippen molar-refractivity contribution in [1.82, 2.24) is 0 Å². The largest absolute Gasteiger partial charge is 0.390 e. The molecule has 0 amide bonds. The number of hydrogen-bond acceptors (Lipinski definition) is 2. The molecule has 0 aromatic rings. The van der Waals surface area contributed by atoms with Gasteiger partial charge in [-0.15, -0.1) is 0 Å². The van der Waals surface area contributed by atoms with Crippen LogP contribution in [0.2, 0.25) is 0 Å². The highest BCUT2D eigenvalue weighted by atomic mass is 16.3. The van der Waals surface area contributed by atoms with E-state index in [-0.39, 0.29) is 5.41 Å². The summed E-state index contributed by atoms with van der Waals surface area (Å²) >= 11 is 0. The van der Waals surface area contributed by atoms with Crippen LogP contribution in [-0.4, -0.2) is 22.4 Å². The number of aliphatic hydroxyl groups excluding tert-OH is 2. The Kier molecular flexibility index (Phi) is 6.19. The molecule has 0 unspecified atom stereocenters. The summed E-state index contributed by atoms with van der Waals surface area (Å²) in [7, 11) is 0. The minimum Gasteiger partial charge on any atom is -0.390 e. The molecule has 2 nitrogen and oxygen atoms in total. The first-order chi connectivity index (χ1) is 13.7. The Hall–Kier alpha value is -0.0800. The zero-order valence-corrected chi connectivity index (χ0v) is 19.9. The minimum absolute atomic E-state index is 0.254. The van der Waals surface area contributed by atoms with Crippen molar-refractivity contribution in [2.75, 3.05) is 0 Å². The first kappa shape index (κ1) is 22.1. The van der Waals surface area contributed by atoms with Gasteiger partial charge in [-0.05, 0) is 104 Å². The molecule has 0 aromatic carbocycles. The fourth-order valence-electron chi connectivity index (χ4n) is 9.34. The summed E-state index contributed by atoms with van der Waals surface area (Å²) in [5.41, 5.74) is 0.804. The van der Waals surface area contributed by atoms with Gasteiger partial charge in [0.15, 0.2) is 0 Å². The Morgan fingerprint density at radius 1 is 0.759 bits per heavy atom. The summed E-state index contributed by atoms with van der Waals surface area (Å²) < 4.78 is 0. The van der Waals surface area contributed by atoms with Gasteiger partial charge in [-0.3, -0.25) is 0 Å². The molecule has 0 radical (unpaired) electrons. The van der Waals surface area contributed by atoms with Crippen LogP contribution in [0.15, 0.2) is 0 Å². The van der Waals surface area contributed by atoms with Crippen LogP contribution in [0.5, 0.6) is 0 Å². The van der Waals surface area contributed by atoms with Gasteiger partial charge >= 0.3 is 0 Å². The van der Waals surface area contributed by atoms with Gasteiger partial charge in [-0.1, -0.05) is 53.9 Å². The van der Waals surface area contributed by atoms with Gasteiger partial charge in [0.2, 0.25) is 0 Å². The molecule has 4 rings (SSSR count). The Labute approximate surface area is 180 Å². The predicted octanol–water partition coefficient (Wildman–Crippen LogP) is 6.44. The Balaban J connectivity index is 1.48. The molecule has 4 aliphatic rings. The second kappa shape index (κ2) is 8.12. The van der Waals surface area contributed by atoms with E-state index in [0.29, 0.717) is 11.3 Å². The second-order valence-electron chi connectivity index (χ2n) is 12.7. The molecule has 10 atom stereocenters. The van der Waals surface area contributed by atoms with E-state index in [9.17, 15) is 10.2 Å². The lowest BCUT2D eigenvalue weighted by atomic mass is 9.44. The van der Waals surface area contributed by atoms with Crippen LogP contribution in [0, 0.1) is 52.3 Å². The van der Waals surface area contributed by atoms with E-state index in [4.69, 9.17) is 0 Å². The first-order valence-electron chi connectivity index (χ1n) is 13.0. The molecule has 4 aliphatic carbocycles. The van der Waals surface area contributed by atoms with E-state index in [0.717, 1.165) is 54.8 Å². The highest BCUT2D eigenvalue weighted by molar-refractivity contribution is 5.11.